The lowest BCUT2D eigenvalue weighted by Crippen LogP contribution is -2.30. The molecular formula is C24H23F5N4O3S. The fourth-order valence-electron chi connectivity index (χ4n) is 3.42. The molecule has 0 aliphatic rings. The Morgan fingerprint density at radius 3 is 2.27 bits per heavy atom. The van der Waals surface area contributed by atoms with E-state index in [-0.39, 0.29) is 41.0 Å². The van der Waals surface area contributed by atoms with Crippen LogP contribution in [0.2, 0.25) is 0 Å². The van der Waals surface area contributed by atoms with Crippen molar-refractivity contribution in [2.75, 3.05) is 0 Å². The highest BCUT2D eigenvalue weighted by Crippen LogP contribution is 2.32. The van der Waals surface area contributed by atoms with Gasteiger partial charge in [0.15, 0.2) is 0 Å². The first-order valence-electron chi connectivity index (χ1n) is 10.8. The van der Waals surface area contributed by atoms with Crippen molar-refractivity contribution in [3.63, 3.8) is 0 Å². The van der Waals surface area contributed by atoms with E-state index in [2.05, 4.69) is 10.3 Å². The van der Waals surface area contributed by atoms with Crippen LogP contribution >= 0.6 is 0 Å². The van der Waals surface area contributed by atoms with Crippen molar-refractivity contribution in [2.24, 2.45) is 5.14 Å². The highest BCUT2D eigenvalue weighted by atomic mass is 32.2. The second kappa shape index (κ2) is 10.9. The molecule has 3 aromatic rings. The van der Waals surface area contributed by atoms with Crippen LogP contribution in [0.3, 0.4) is 0 Å². The second-order valence-corrected chi connectivity index (χ2v) is 9.70. The van der Waals surface area contributed by atoms with E-state index in [1.807, 2.05) is 4.72 Å². The molecule has 0 bridgehead atoms. The maximum Gasteiger partial charge on any atom is 0.433 e. The third kappa shape index (κ3) is 7.31. The summed E-state index contributed by atoms with van der Waals surface area (Å²) in [6.45, 7) is 2.40. The molecule has 1 atom stereocenters. The van der Waals surface area contributed by atoms with E-state index < -0.39 is 45.5 Å². The number of carbonyl (C=O) groups is 1. The molecule has 7 nitrogen and oxygen atoms in total. The molecular weight excluding hydrogens is 519 g/mol. The van der Waals surface area contributed by atoms with Crippen LogP contribution in [0.1, 0.15) is 40.8 Å². The van der Waals surface area contributed by atoms with Gasteiger partial charge >= 0.3 is 6.18 Å². The Morgan fingerprint density at radius 2 is 1.68 bits per heavy atom. The number of nitrogens with one attached hydrogen (secondary N) is 2. The number of nitrogens with two attached hydrogens (primary N) is 1. The monoisotopic (exact) mass is 542 g/mol. The SMILES string of the molecule is Cc1ccc(-c2nc(C(F)(F)F)ccc2CNC(=O)C(C)c2ccc(CNS(N)(=O)=O)c(F)c2)cc1F. The van der Waals surface area contributed by atoms with Crippen LogP contribution in [-0.4, -0.2) is 19.3 Å². The average Bonchev–Trinajstić information content (AvgIpc) is 2.81. The van der Waals surface area contributed by atoms with Gasteiger partial charge in [-0.2, -0.15) is 26.3 Å². The standard InChI is InChI=1S/C24H23F5N4O3S/c1-13-3-4-16(10-19(13)25)22-18(7-8-21(33-22)24(27,28)29)11-31-23(34)14(2)15-5-6-17(20(26)9-15)12-32-37(30,35)36/h3-10,14,32H,11-12H2,1-2H3,(H,31,34)(H2,30,35,36). The number of carbonyl (C=O) groups excluding carboxylic acids is 1. The van der Waals surface area contributed by atoms with Gasteiger partial charge in [-0.25, -0.2) is 18.9 Å². The Balaban J connectivity index is 1.81. The van der Waals surface area contributed by atoms with Gasteiger partial charge in [-0.05, 0) is 48.7 Å². The van der Waals surface area contributed by atoms with Crippen molar-refractivity contribution in [1.29, 1.82) is 0 Å². The van der Waals surface area contributed by atoms with E-state index in [1.54, 1.807) is 0 Å². The molecule has 0 spiro atoms. The lowest BCUT2D eigenvalue weighted by atomic mass is 9.98. The van der Waals surface area contributed by atoms with Gasteiger partial charge in [-0.3, -0.25) is 4.79 Å². The maximum absolute atomic E-state index is 14.4. The minimum Gasteiger partial charge on any atom is -0.351 e. The molecule has 198 valence electrons. The summed E-state index contributed by atoms with van der Waals surface area (Å²) in [7, 11) is -4.02. The summed E-state index contributed by atoms with van der Waals surface area (Å²) >= 11 is 0. The van der Waals surface area contributed by atoms with Crippen LogP contribution in [0.25, 0.3) is 11.3 Å². The predicted octanol–water partition coefficient (Wildman–Crippen LogP) is 4.07. The van der Waals surface area contributed by atoms with Gasteiger partial charge in [0.25, 0.3) is 10.2 Å². The number of aryl methyl sites for hydroxylation is 1. The zero-order valence-electron chi connectivity index (χ0n) is 19.7. The number of benzene rings is 2. The Morgan fingerprint density at radius 1 is 1.00 bits per heavy atom. The average molecular weight is 543 g/mol. The van der Waals surface area contributed by atoms with E-state index in [1.165, 1.54) is 38.1 Å². The van der Waals surface area contributed by atoms with Crippen molar-refractivity contribution >= 4 is 16.1 Å². The van der Waals surface area contributed by atoms with Gasteiger partial charge < -0.3 is 5.32 Å². The first-order valence-corrected chi connectivity index (χ1v) is 12.4. The fraction of sp³-hybridized carbons (Fsp3) is 0.250. The lowest BCUT2D eigenvalue weighted by molar-refractivity contribution is -0.141. The number of nitrogens with zero attached hydrogens (tertiary/aromatic N) is 1. The molecule has 0 saturated heterocycles. The molecule has 1 aromatic heterocycles. The molecule has 0 aliphatic carbocycles. The van der Waals surface area contributed by atoms with Gasteiger partial charge in [0.1, 0.15) is 17.3 Å². The zero-order valence-corrected chi connectivity index (χ0v) is 20.5. The minimum atomic E-state index is -4.73. The van der Waals surface area contributed by atoms with Crippen LogP contribution in [0.4, 0.5) is 22.0 Å². The van der Waals surface area contributed by atoms with E-state index >= 15 is 0 Å². The van der Waals surface area contributed by atoms with E-state index in [0.717, 1.165) is 24.3 Å². The van der Waals surface area contributed by atoms with Crippen molar-refractivity contribution < 1.29 is 35.2 Å². The summed E-state index contributed by atoms with van der Waals surface area (Å²) in [6.07, 6.45) is -4.73. The third-order valence-electron chi connectivity index (χ3n) is 5.60. The maximum atomic E-state index is 14.4. The lowest BCUT2D eigenvalue weighted by Gasteiger charge is -2.16. The van der Waals surface area contributed by atoms with Crippen LogP contribution in [0, 0.1) is 18.6 Å². The largest absolute Gasteiger partial charge is 0.433 e. The van der Waals surface area contributed by atoms with Gasteiger partial charge in [-0.1, -0.05) is 30.3 Å². The first-order chi connectivity index (χ1) is 17.2. The van der Waals surface area contributed by atoms with Gasteiger partial charge in [0.05, 0.1) is 11.6 Å². The molecule has 2 aromatic carbocycles. The molecule has 1 unspecified atom stereocenters. The summed E-state index contributed by atoms with van der Waals surface area (Å²) in [5, 5.41) is 7.42. The Labute approximate surface area is 210 Å². The second-order valence-electron chi connectivity index (χ2n) is 8.32. The Bertz CT molecular complexity index is 1430. The summed E-state index contributed by atoms with van der Waals surface area (Å²) in [5.74, 6) is -2.80. The van der Waals surface area contributed by atoms with E-state index in [0.29, 0.717) is 5.56 Å². The number of halogens is 5. The third-order valence-corrected chi connectivity index (χ3v) is 6.15. The minimum absolute atomic E-state index is 0.0104. The molecule has 0 aliphatic heterocycles. The quantitative estimate of drug-likeness (QED) is 0.373. The molecule has 0 radical (unpaired) electrons. The number of alkyl halides is 3. The highest BCUT2D eigenvalue weighted by molar-refractivity contribution is 7.87. The number of amides is 1. The zero-order chi connectivity index (χ0) is 27.5. The number of hydrogen-bond donors (Lipinski definition) is 3. The normalized spacial score (nSPS) is 12.9. The summed E-state index contributed by atoms with van der Waals surface area (Å²) in [5.41, 5.74) is -0.390. The predicted molar refractivity (Wildman–Crippen MR) is 126 cm³/mol. The van der Waals surface area contributed by atoms with E-state index in [4.69, 9.17) is 5.14 Å². The van der Waals surface area contributed by atoms with Crippen molar-refractivity contribution in [1.82, 2.24) is 15.0 Å². The van der Waals surface area contributed by atoms with Crippen LogP contribution < -0.4 is 15.2 Å². The molecule has 4 N–H and O–H groups in total. The van der Waals surface area contributed by atoms with E-state index in [9.17, 15) is 35.2 Å². The Hall–Kier alpha value is -3.42. The molecule has 0 fully saturated rings. The van der Waals surface area contributed by atoms with Gasteiger partial charge in [0.2, 0.25) is 5.91 Å². The molecule has 37 heavy (non-hydrogen) atoms. The molecule has 3 rings (SSSR count). The summed E-state index contributed by atoms with van der Waals surface area (Å²) < 4.78 is 92.2. The van der Waals surface area contributed by atoms with Gasteiger partial charge in [-0.15, -0.1) is 0 Å². The number of pyridine rings is 1. The van der Waals surface area contributed by atoms with Crippen LogP contribution in [0.15, 0.2) is 48.5 Å². The number of hydrogen-bond acceptors (Lipinski definition) is 4. The fourth-order valence-corrected chi connectivity index (χ4v) is 3.78. The first kappa shape index (κ1) is 28.2. The van der Waals surface area contributed by atoms with Crippen molar-refractivity contribution in [3.05, 3.63) is 88.1 Å². The van der Waals surface area contributed by atoms with Crippen LogP contribution in [0.5, 0.6) is 0 Å². The molecule has 1 heterocycles. The van der Waals surface area contributed by atoms with Crippen LogP contribution in [-0.2, 0) is 34.3 Å². The summed E-state index contributed by atoms with van der Waals surface area (Å²) in [4.78, 5) is 16.4. The Kier molecular flexibility index (Phi) is 8.30. The van der Waals surface area contributed by atoms with Gasteiger partial charge in [0, 0.05) is 24.2 Å². The molecule has 13 heteroatoms. The van der Waals surface area contributed by atoms with Crippen molar-refractivity contribution in [2.45, 2.75) is 39.0 Å². The molecule has 0 saturated carbocycles. The number of rotatable bonds is 8. The molecule has 1 amide bonds. The highest BCUT2D eigenvalue weighted by Gasteiger charge is 2.33. The number of aromatic nitrogens is 1. The van der Waals surface area contributed by atoms with Crippen molar-refractivity contribution in [3.8, 4) is 11.3 Å². The smallest absolute Gasteiger partial charge is 0.351 e. The summed E-state index contributed by atoms with van der Waals surface area (Å²) in [6, 6.07) is 9.65. The topological polar surface area (TPSA) is 114 Å².